The first-order chi connectivity index (χ1) is 18.2. The van der Waals surface area contributed by atoms with Crippen molar-refractivity contribution in [3.63, 3.8) is 0 Å². The molecule has 0 aliphatic heterocycles. The number of nitrogens with one attached hydrogen (secondary N) is 2. The molecule has 6 nitrogen and oxygen atoms in total. The SMILES string of the molecule is CCc1cccc(CNC[C@@H](O)[C@H](Cc2cc(F)cc(F)c2)NCC(=O)CCS(=O)(=O)c2ccccc2)c1. The predicted octanol–water partition coefficient (Wildman–Crippen LogP) is 3.61. The molecule has 0 radical (unpaired) electrons. The molecule has 9 heteroatoms. The van der Waals surface area contributed by atoms with Crippen LogP contribution in [0.5, 0.6) is 0 Å². The number of benzene rings is 3. The van der Waals surface area contributed by atoms with Gasteiger partial charge >= 0.3 is 0 Å². The molecule has 3 N–H and O–H groups in total. The van der Waals surface area contributed by atoms with Crippen LogP contribution in [0.2, 0.25) is 0 Å². The summed E-state index contributed by atoms with van der Waals surface area (Å²) in [7, 11) is -3.60. The van der Waals surface area contributed by atoms with Gasteiger partial charge in [0.1, 0.15) is 17.4 Å². The third kappa shape index (κ3) is 9.40. The molecule has 0 saturated carbocycles. The minimum Gasteiger partial charge on any atom is -0.390 e. The smallest absolute Gasteiger partial charge is 0.178 e. The second-order valence-corrected chi connectivity index (χ2v) is 11.4. The average molecular weight is 545 g/mol. The lowest BCUT2D eigenvalue weighted by Crippen LogP contribution is -2.48. The Labute approximate surface area is 223 Å². The molecule has 0 fully saturated rings. The van der Waals surface area contributed by atoms with Crippen LogP contribution in [-0.2, 0) is 34.0 Å². The number of aliphatic hydroxyl groups is 1. The van der Waals surface area contributed by atoms with E-state index in [1.807, 2.05) is 18.2 Å². The van der Waals surface area contributed by atoms with Crippen LogP contribution in [-0.4, -0.2) is 50.3 Å². The fourth-order valence-corrected chi connectivity index (χ4v) is 5.42. The Bertz CT molecular complexity index is 1280. The zero-order valence-corrected chi connectivity index (χ0v) is 22.2. The van der Waals surface area contributed by atoms with Crippen LogP contribution in [0, 0.1) is 11.6 Å². The Morgan fingerprint density at radius 3 is 2.29 bits per heavy atom. The minimum atomic E-state index is -3.60. The molecule has 3 rings (SSSR count). The first kappa shape index (κ1) is 29.6. The van der Waals surface area contributed by atoms with Crippen molar-refractivity contribution in [3.8, 4) is 0 Å². The van der Waals surface area contributed by atoms with Crippen LogP contribution in [0.1, 0.15) is 30.0 Å². The number of carbonyl (C=O) groups is 1. The van der Waals surface area contributed by atoms with E-state index in [4.69, 9.17) is 0 Å². The summed E-state index contributed by atoms with van der Waals surface area (Å²) in [4.78, 5) is 12.7. The first-order valence-electron chi connectivity index (χ1n) is 12.6. The van der Waals surface area contributed by atoms with Crippen LogP contribution in [0.15, 0.2) is 77.7 Å². The van der Waals surface area contributed by atoms with Crippen molar-refractivity contribution in [2.24, 2.45) is 0 Å². The highest BCUT2D eigenvalue weighted by Crippen LogP contribution is 2.14. The Hall–Kier alpha value is -2.98. The number of hydrogen-bond donors (Lipinski definition) is 3. The lowest BCUT2D eigenvalue weighted by molar-refractivity contribution is -0.118. The summed E-state index contributed by atoms with van der Waals surface area (Å²) in [6.45, 7) is 2.56. The van der Waals surface area contributed by atoms with Crippen LogP contribution in [0.3, 0.4) is 0 Å². The lowest BCUT2D eigenvalue weighted by Gasteiger charge is -2.25. The summed E-state index contributed by atoms with van der Waals surface area (Å²) in [5.41, 5.74) is 2.59. The van der Waals surface area contributed by atoms with Gasteiger partial charge < -0.3 is 15.7 Å². The number of aliphatic hydroxyl groups excluding tert-OH is 1. The average Bonchev–Trinajstić information content (AvgIpc) is 2.90. The Kier molecular flexibility index (Phi) is 11.1. The van der Waals surface area contributed by atoms with E-state index in [0.717, 1.165) is 18.1 Å². The maximum Gasteiger partial charge on any atom is 0.178 e. The Balaban J connectivity index is 1.60. The van der Waals surface area contributed by atoms with E-state index >= 15 is 0 Å². The number of aryl methyl sites for hydroxylation is 1. The number of carbonyl (C=O) groups excluding carboxylic acids is 1. The summed E-state index contributed by atoms with van der Waals surface area (Å²) in [6, 6.07) is 18.4. The molecule has 2 atom stereocenters. The fourth-order valence-electron chi connectivity index (χ4n) is 4.12. The van der Waals surface area contributed by atoms with Gasteiger partial charge in [-0.3, -0.25) is 4.79 Å². The Morgan fingerprint density at radius 2 is 1.61 bits per heavy atom. The van der Waals surface area contributed by atoms with Crippen molar-refractivity contribution < 1.29 is 27.1 Å². The molecule has 204 valence electrons. The monoisotopic (exact) mass is 544 g/mol. The van der Waals surface area contributed by atoms with E-state index in [2.05, 4.69) is 23.6 Å². The molecule has 0 aliphatic carbocycles. The second kappa shape index (κ2) is 14.2. The zero-order valence-electron chi connectivity index (χ0n) is 21.4. The van der Waals surface area contributed by atoms with E-state index in [1.54, 1.807) is 18.2 Å². The molecule has 38 heavy (non-hydrogen) atoms. The van der Waals surface area contributed by atoms with E-state index in [9.17, 15) is 27.1 Å². The van der Waals surface area contributed by atoms with Gasteiger partial charge in [0, 0.05) is 31.6 Å². The van der Waals surface area contributed by atoms with Crippen molar-refractivity contribution in [2.75, 3.05) is 18.8 Å². The normalized spacial score (nSPS) is 13.3. The summed E-state index contributed by atoms with van der Waals surface area (Å²) in [5.74, 6) is -2.15. The van der Waals surface area contributed by atoms with Gasteiger partial charge in [-0.1, -0.05) is 49.4 Å². The van der Waals surface area contributed by atoms with E-state index < -0.39 is 33.6 Å². The van der Waals surface area contributed by atoms with Crippen LogP contribution in [0.4, 0.5) is 8.78 Å². The number of hydrogen-bond acceptors (Lipinski definition) is 6. The number of halogens is 2. The van der Waals surface area contributed by atoms with Gasteiger partial charge in [-0.15, -0.1) is 0 Å². The molecule has 0 aromatic heterocycles. The van der Waals surface area contributed by atoms with Gasteiger partial charge in [0.05, 0.1) is 23.3 Å². The molecule has 0 heterocycles. The molecule has 0 aliphatic rings. The maximum atomic E-state index is 13.8. The highest BCUT2D eigenvalue weighted by Gasteiger charge is 2.22. The summed E-state index contributed by atoms with van der Waals surface area (Å²) in [6.07, 6.45) is -0.212. The van der Waals surface area contributed by atoms with Crippen molar-refractivity contribution >= 4 is 15.6 Å². The third-order valence-electron chi connectivity index (χ3n) is 6.24. The van der Waals surface area contributed by atoms with E-state index in [0.29, 0.717) is 12.1 Å². The van der Waals surface area contributed by atoms with E-state index in [-0.39, 0.29) is 42.4 Å². The molecule has 0 bridgehead atoms. The van der Waals surface area contributed by atoms with Gasteiger partial charge in [-0.25, -0.2) is 17.2 Å². The van der Waals surface area contributed by atoms with Gasteiger partial charge in [0.25, 0.3) is 0 Å². The molecule has 3 aromatic carbocycles. The third-order valence-corrected chi connectivity index (χ3v) is 7.97. The minimum absolute atomic E-state index is 0.0679. The van der Waals surface area contributed by atoms with Gasteiger partial charge in [-0.05, 0) is 53.8 Å². The van der Waals surface area contributed by atoms with Crippen molar-refractivity contribution in [1.29, 1.82) is 0 Å². The molecular formula is C29H34F2N2O4S. The highest BCUT2D eigenvalue weighted by molar-refractivity contribution is 7.91. The number of sulfone groups is 1. The maximum absolute atomic E-state index is 13.8. The van der Waals surface area contributed by atoms with Crippen molar-refractivity contribution in [2.45, 2.75) is 49.8 Å². The second-order valence-electron chi connectivity index (χ2n) is 9.26. The summed E-state index contributed by atoms with van der Waals surface area (Å²) < 4.78 is 52.4. The van der Waals surface area contributed by atoms with Crippen molar-refractivity contribution in [3.05, 3.63) is 101 Å². The Morgan fingerprint density at radius 1 is 0.921 bits per heavy atom. The number of rotatable bonds is 15. The highest BCUT2D eigenvalue weighted by atomic mass is 32.2. The largest absolute Gasteiger partial charge is 0.390 e. The molecule has 0 amide bonds. The van der Waals surface area contributed by atoms with E-state index in [1.165, 1.54) is 29.8 Å². The lowest BCUT2D eigenvalue weighted by atomic mass is 10.00. The number of ketones is 1. The summed E-state index contributed by atoms with van der Waals surface area (Å²) >= 11 is 0. The van der Waals surface area contributed by atoms with Gasteiger partial charge in [-0.2, -0.15) is 0 Å². The molecular weight excluding hydrogens is 510 g/mol. The first-order valence-corrected chi connectivity index (χ1v) is 14.3. The molecule has 3 aromatic rings. The van der Waals surface area contributed by atoms with Crippen LogP contribution < -0.4 is 10.6 Å². The standard InChI is InChI=1S/C29H34F2N2O4S/c1-2-21-7-6-8-22(13-21)18-32-20-29(35)28(16-23-14-24(30)17-25(31)15-23)33-19-26(34)11-12-38(36,37)27-9-4-3-5-10-27/h3-10,13-15,17,28-29,32-33,35H,2,11-12,16,18-20H2,1H3/t28-,29+/m0/s1. The van der Waals surface area contributed by atoms with Crippen LogP contribution >= 0.6 is 0 Å². The van der Waals surface area contributed by atoms with Gasteiger partial charge in [0.15, 0.2) is 9.84 Å². The fraction of sp³-hybridized carbons (Fsp3) is 0.345. The topological polar surface area (TPSA) is 95.5 Å². The van der Waals surface area contributed by atoms with Crippen LogP contribution in [0.25, 0.3) is 0 Å². The molecule has 0 saturated heterocycles. The van der Waals surface area contributed by atoms with Gasteiger partial charge in [0.2, 0.25) is 0 Å². The summed E-state index contributed by atoms with van der Waals surface area (Å²) in [5, 5.41) is 17.0. The quantitative estimate of drug-likeness (QED) is 0.271. The zero-order chi connectivity index (χ0) is 27.5. The van der Waals surface area contributed by atoms with Crippen molar-refractivity contribution in [1.82, 2.24) is 10.6 Å². The molecule has 0 spiro atoms. The molecule has 0 unspecified atom stereocenters. The number of Topliss-reactive ketones (excluding diaryl/α,β-unsaturated/α-hetero) is 1. The predicted molar refractivity (Wildman–Crippen MR) is 144 cm³/mol.